The van der Waals surface area contributed by atoms with E-state index in [1.165, 1.54) is 29.0 Å². The van der Waals surface area contributed by atoms with E-state index in [2.05, 4.69) is 54.9 Å². The highest BCUT2D eigenvalue weighted by molar-refractivity contribution is 7.14. The van der Waals surface area contributed by atoms with Gasteiger partial charge in [0.1, 0.15) is 0 Å². The molecule has 0 N–H and O–H groups in total. The molecule has 2 fully saturated rings. The minimum Gasteiger partial charge on any atom is -0.371 e. The van der Waals surface area contributed by atoms with Gasteiger partial charge in [0.05, 0.1) is 4.88 Å². The number of carbonyl (C=O) groups excluding carboxylic acids is 2. The maximum absolute atomic E-state index is 13.6. The summed E-state index contributed by atoms with van der Waals surface area (Å²) >= 11 is 1.60. The molecular formula is C33H40N4O2S. The molecule has 210 valence electrons. The smallest absolute Gasteiger partial charge is 0.264 e. The van der Waals surface area contributed by atoms with Crippen LogP contribution in [0.1, 0.15) is 82.5 Å². The fourth-order valence-corrected chi connectivity index (χ4v) is 7.57. The summed E-state index contributed by atoms with van der Waals surface area (Å²) in [5.41, 5.74) is 4.76. The lowest BCUT2D eigenvalue weighted by Gasteiger charge is -2.47. The number of rotatable bonds is 3. The highest BCUT2D eigenvalue weighted by Crippen LogP contribution is 2.42. The second kappa shape index (κ2) is 10.7. The van der Waals surface area contributed by atoms with Crippen LogP contribution in [0.5, 0.6) is 0 Å². The van der Waals surface area contributed by atoms with Gasteiger partial charge >= 0.3 is 0 Å². The second-order valence-electron chi connectivity index (χ2n) is 12.9. The number of anilines is 1. The first-order chi connectivity index (χ1) is 19.2. The van der Waals surface area contributed by atoms with Gasteiger partial charge in [0, 0.05) is 67.8 Å². The third-order valence-corrected chi connectivity index (χ3v) is 10.8. The van der Waals surface area contributed by atoms with Gasteiger partial charge in [-0.2, -0.15) is 0 Å². The largest absolute Gasteiger partial charge is 0.371 e. The van der Waals surface area contributed by atoms with E-state index < -0.39 is 0 Å². The van der Waals surface area contributed by atoms with Gasteiger partial charge in [0.2, 0.25) is 0 Å². The van der Waals surface area contributed by atoms with Gasteiger partial charge in [-0.15, -0.1) is 11.3 Å². The van der Waals surface area contributed by atoms with Crippen LogP contribution in [-0.2, 0) is 18.4 Å². The highest BCUT2D eigenvalue weighted by atomic mass is 32.1. The van der Waals surface area contributed by atoms with Crippen LogP contribution in [-0.4, -0.2) is 59.3 Å². The molecule has 2 amide bonds. The number of thiophene rings is 1. The van der Waals surface area contributed by atoms with E-state index in [9.17, 15) is 9.59 Å². The van der Waals surface area contributed by atoms with Crippen molar-refractivity contribution in [3.63, 3.8) is 0 Å². The summed E-state index contributed by atoms with van der Waals surface area (Å²) in [5.74, 6) is 0.225. The number of piperidine rings is 2. The van der Waals surface area contributed by atoms with Gasteiger partial charge in [-0.25, -0.2) is 0 Å². The molecule has 7 heteroatoms. The van der Waals surface area contributed by atoms with Gasteiger partial charge < -0.3 is 14.7 Å². The standard InChI is InChI=1S/C33H40N4O2S/c1-32(2,3)29-7-6-28(40-29)31(39)37-17-10-24-4-5-25(22-26(24)23-37)30(38)36-20-13-33(14-21-36)11-18-35(19-12-33)27-8-15-34-16-9-27/h4-9,15-16,22H,10-14,17-21,23H2,1-3H3. The molecule has 0 radical (unpaired) electrons. The molecule has 0 aliphatic carbocycles. The molecule has 0 saturated carbocycles. The lowest BCUT2D eigenvalue weighted by Crippen LogP contribution is -2.48. The van der Waals surface area contributed by atoms with Crippen LogP contribution in [0.4, 0.5) is 5.69 Å². The summed E-state index contributed by atoms with van der Waals surface area (Å²) in [6.07, 6.45) is 9.08. The van der Waals surface area contributed by atoms with E-state index in [-0.39, 0.29) is 17.2 Å². The topological polar surface area (TPSA) is 56.8 Å². The van der Waals surface area contributed by atoms with Crippen LogP contribution < -0.4 is 4.90 Å². The minimum absolute atomic E-state index is 0.0401. The number of amides is 2. The Bertz CT molecular complexity index is 1370. The van der Waals surface area contributed by atoms with Crippen molar-refractivity contribution in [3.8, 4) is 0 Å². The van der Waals surface area contributed by atoms with Crippen LogP contribution in [0, 0.1) is 5.41 Å². The van der Waals surface area contributed by atoms with Crippen molar-refractivity contribution < 1.29 is 9.59 Å². The molecule has 3 aromatic rings. The van der Waals surface area contributed by atoms with Crippen molar-refractivity contribution in [2.24, 2.45) is 5.41 Å². The predicted molar refractivity (Wildman–Crippen MR) is 161 cm³/mol. The van der Waals surface area contributed by atoms with Crippen molar-refractivity contribution in [1.82, 2.24) is 14.8 Å². The average Bonchev–Trinajstić information content (AvgIpc) is 3.49. The fourth-order valence-electron chi connectivity index (χ4n) is 6.54. The van der Waals surface area contributed by atoms with Gasteiger partial charge in [-0.3, -0.25) is 14.6 Å². The number of hydrogen-bond acceptors (Lipinski definition) is 5. The van der Waals surface area contributed by atoms with Gasteiger partial charge in [0.15, 0.2) is 0 Å². The molecule has 1 aromatic carbocycles. The molecule has 6 rings (SSSR count). The van der Waals surface area contributed by atoms with E-state index in [0.717, 1.165) is 61.4 Å². The average molecular weight is 557 g/mol. The van der Waals surface area contributed by atoms with E-state index >= 15 is 0 Å². The van der Waals surface area contributed by atoms with Crippen molar-refractivity contribution >= 4 is 28.8 Å². The Hall–Kier alpha value is -3.19. The molecule has 1 spiro atoms. The van der Waals surface area contributed by atoms with E-state index in [0.29, 0.717) is 18.5 Å². The number of aromatic nitrogens is 1. The van der Waals surface area contributed by atoms with Gasteiger partial charge in [-0.05, 0) is 90.5 Å². The van der Waals surface area contributed by atoms with E-state index in [4.69, 9.17) is 0 Å². The minimum atomic E-state index is 0.0401. The first kappa shape index (κ1) is 27.0. The summed E-state index contributed by atoms with van der Waals surface area (Å²) in [4.78, 5) is 39.5. The normalized spacial score (nSPS) is 19.0. The quantitative estimate of drug-likeness (QED) is 0.388. The number of benzene rings is 1. The first-order valence-electron chi connectivity index (χ1n) is 14.7. The maximum atomic E-state index is 13.6. The van der Waals surface area contributed by atoms with Crippen LogP contribution in [0.15, 0.2) is 54.9 Å². The lowest BCUT2D eigenvalue weighted by atomic mass is 9.71. The molecule has 0 bridgehead atoms. The van der Waals surface area contributed by atoms with Gasteiger partial charge in [0.25, 0.3) is 11.8 Å². The first-order valence-corrected chi connectivity index (χ1v) is 15.5. The Balaban J connectivity index is 1.07. The Morgan fingerprint density at radius 2 is 1.50 bits per heavy atom. The Labute approximate surface area is 242 Å². The number of pyridine rings is 1. The molecule has 40 heavy (non-hydrogen) atoms. The Morgan fingerprint density at radius 3 is 2.17 bits per heavy atom. The SMILES string of the molecule is CC(C)(C)c1ccc(C(=O)N2CCc3ccc(C(=O)N4CCC5(CC4)CCN(c4ccncc4)CC5)cc3C2)s1. The molecule has 2 aromatic heterocycles. The van der Waals surface area contributed by atoms with Crippen molar-refractivity contribution in [3.05, 3.63) is 81.3 Å². The number of hydrogen-bond donors (Lipinski definition) is 0. The number of likely N-dealkylation sites (tertiary alicyclic amines) is 1. The molecule has 2 saturated heterocycles. The Morgan fingerprint density at radius 1 is 0.800 bits per heavy atom. The zero-order chi connectivity index (χ0) is 27.9. The molecule has 0 unspecified atom stereocenters. The van der Waals surface area contributed by atoms with Crippen molar-refractivity contribution in [1.29, 1.82) is 0 Å². The predicted octanol–water partition coefficient (Wildman–Crippen LogP) is 6.16. The fraction of sp³-hybridized carbons (Fsp3) is 0.485. The van der Waals surface area contributed by atoms with E-state index in [1.807, 2.05) is 40.4 Å². The number of fused-ring (bicyclic) bond motifs is 1. The van der Waals surface area contributed by atoms with Crippen molar-refractivity contribution in [2.75, 3.05) is 37.6 Å². The summed E-state index contributed by atoms with van der Waals surface area (Å²) < 4.78 is 0. The monoisotopic (exact) mass is 556 g/mol. The lowest BCUT2D eigenvalue weighted by molar-refractivity contribution is 0.0515. The van der Waals surface area contributed by atoms with E-state index in [1.54, 1.807) is 11.3 Å². The zero-order valence-electron chi connectivity index (χ0n) is 24.0. The molecule has 0 atom stereocenters. The number of nitrogens with zero attached hydrogens (tertiary/aromatic N) is 4. The molecule has 3 aliphatic rings. The van der Waals surface area contributed by atoms with Crippen LogP contribution in [0.2, 0.25) is 0 Å². The third kappa shape index (κ3) is 5.40. The van der Waals surface area contributed by atoms with Crippen molar-refractivity contribution in [2.45, 2.75) is 64.8 Å². The molecule has 3 aliphatic heterocycles. The van der Waals surface area contributed by atoms with Gasteiger partial charge in [-0.1, -0.05) is 26.8 Å². The van der Waals surface area contributed by atoms with Crippen LogP contribution >= 0.6 is 11.3 Å². The van der Waals surface area contributed by atoms with Crippen LogP contribution in [0.3, 0.4) is 0 Å². The summed E-state index contributed by atoms with van der Waals surface area (Å²) in [7, 11) is 0. The highest BCUT2D eigenvalue weighted by Gasteiger charge is 2.39. The summed E-state index contributed by atoms with van der Waals surface area (Å²) in [5, 5.41) is 0. The summed E-state index contributed by atoms with van der Waals surface area (Å²) in [6.45, 7) is 11.6. The maximum Gasteiger partial charge on any atom is 0.264 e. The Kier molecular flexibility index (Phi) is 7.19. The molecule has 6 nitrogen and oxygen atoms in total. The zero-order valence-corrected chi connectivity index (χ0v) is 24.8. The molecule has 5 heterocycles. The van der Waals surface area contributed by atoms with Crippen LogP contribution in [0.25, 0.3) is 0 Å². The third-order valence-electron chi connectivity index (χ3n) is 9.27. The second-order valence-corrected chi connectivity index (χ2v) is 13.9. The number of carbonyl (C=O) groups is 2. The molecular weight excluding hydrogens is 516 g/mol. The summed E-state index contributed by atoms with van der Waals surface area (Å²) in [6, 6.07) is 14.4.